The number of thioether (sulfide) groups is 1. The predicted octanol–water partition coefficient (Wildman–Crippen LogP) is 5.57. The smallest absolute Gasteiger partial charge is 0.305 e. The molecule has 2 aliphatic rings. The number of nitrogens with zero attached hydrogens (tertiary/aromatic N) is 1. The van der Waals surface area contributed by atoms with Crippen LogP contribution < -0.4 is 24.6 Å². The molecule has 2 N–H and O–H groups in total. The minimum atomic E-state index is -0.753. The molecule has 1 aromatic heterocycles. The maximum Gasteiger partial charge on any atom is 0.305 e. The summed E-state index contributed by atoms with van der Waals surface area (Å²) >= 11 is 14.2. The molecule has 13 heteroatoms. The molecule has 3 amide bonds. The second-order valence-corrected chi connectivity index (χ2v) is 12.5. The first kappa shape index (κ1) is 28.4. The van der Waals surface area contributed by atoms with Gasteiger partial charge in [-0.25, -0.2) is 4.90 Å². The third-order valence-corrected chi connectivity index (χ3v) is 10.1. The van der Waals surface area contributed by atoms with Crippen LogP contribution in [0.1, 0.15) is 16.4 Å². The predicted molar refractivity (Wildman–Crippen MR) is 162 cm³/mol. The van der Waals surface area contributed by atoms with E-state index < -0.39 is 23.0 Å². The first-order chi connectivity index (χ1) is 20.2. The van der Waals surface area contributed by atoms with Gasteiger partial charge in [0.05, 0.1) is 33.8 Å². The molecule has 9 nitrogen and oxygen atoms in total. The van der Waals surface area contributed by atoms with Crippen molar-refractivity contribution in [1.82, 2.24) is 4.98 Å². The van der Waals surface area contributed by atoms with E-state index in [4.69, 9.17) is 32.7 Å². The molecule has 3 atom stereocenters. The molecule has 214 valence electrons. The average Bonchev–Trinajstić information content (AvgIpc) is 3.48. The highest BCUT2D eigenvalue weighted by Crippen LogP contribution is 2.53. The zero-order valence-corrected chi connectivity index (χ0v) is 24.9. The van der Waals surface area contributed by atoms with Crippen LogP contribution in [0, 0.1) is 5.92 Å². The summed E-state index contributed by atoms with van der Waals surface area (Å²) in [7, 11) is 1.54. The van der Waals surface area contributed by atoms with Crippen molar-refractivity contribution in [3.05, 3.63) is 96.9 Å². The molecule has 4 aromatic rings. The lowest BCUT2D eigenvalue weighted by Crippen LogP contribution is -2.32. The van der Waals surface area contributed by atoms with Crippen LogP contribution in [0.4, 0.5) is 11.4 Å². The number of H-pyrrole nitrogens is 1. The molecule has 0 bridgehead atoms. The number of rotatable bonds is 7. The van der Waals surface area contributed by atoms with Gasteiger partial charge in [0, 0.05) is 16.5 Å². The van der Waals surface area contributed by atoms with Crippen molar-refractivity contribution in [2.75, 3.05) is 23.9 Å². The Morgan fingerprint density at radius 1 is 0.976 bits per heavy atom. The number of thiazole rings is 1. The maximum atomic E-state index is 13.9. The summed E-state index contributed by atoms with van der Waals surface area (Å²) in [6.45, 7) is -0.290. The van der Waals surface area contributed by atoms with E-state index >= 15 is 0 Å². The zero-order valence-electron chi connectivity index (χ0n) is 21.8. The Kier molecular flexibility index (Phi) is 7.75. The SMILES string of the molecule is COc1ccc(N2C(=O)C3Sc4[nH]c(=O)sc4[C@H](c4cccc(OCC(=O)Nc5ccc(Cl)c(Cl)c5)c4)C3C2=O)cc1. The van der Waals surface area contributed by atoms with Crippen molar-refractivity contribution in [2.24, 2.45) is 5.92 Å². The van der Waals surface area contributed by atoms with Crippen LogP contribution in [0.3, 0.4) is 0 Å². The van der Waals surface area contributed by atoms with E-state index in [2.05, 4.69) is 10.3 Å². The lowest BCUT2D eigenvalue weighted by atomic mass is 9.83. The summed E-state index contributed by atoms with van der Waals surface area (Å²) in [5.41, 5.74) is 1.60. The van der Waals surface area contributed by atoms with Gasteiger partial charge in [0.15, 0.2) is 6.61 Å². The number of amides is 3. The number of carbonyl (C=O) groups excluding carboxylic acids is 3. The molecule has 3 aromatic carbocycles. The Morgan fingerprint density at radius 3 is 2.50 bits per heavy atom. The van der Waals surface area contributed by atoms with Crippen LogP contribution in [0.5, 0.6) is 11.5 Å². The maximum absolute atomic E-state index is 13.9. The van der Waals surface area contributed by atoms with Gasteiger partial charge in [0.25, 0.3) is 5.91 Å². The average molecular weight is 643 g/mol. The van der Waals surface area contributed by atoms with E-state index in [0.717, 1.165) is 11.3 Å². The topological polar surface area (TPSA) is 118 Å². The highest BCUT2D eigenvalue weighted by Gasteiger charge is 2.56. The first-order valence-electron chi connectivity index (χ1n) is 12.6. The molecule has 0 aliphatic carbocycles. The van der Waals surface area contributed by atoms with E-state index in [1.54, 1.807) is 54.6 Å². The van der Waals surface area contributed by atoms with E-state index in [9.17, 15) is 19.2 Å². The van der Waals surface area contributed by atoms with Gasteiger partial charge in [-0.2, -0.15) is 0 Å². The van der Waals surface area contributed by atoms with Crippen LogP contribution >= 0.6 is 46.3 Å². The number of halogens is 2. The minimum absolute atomic E-state index is 0.268. The number of carbonyl (C=O) groups is 3. The second kappa shape index (κ2) is 11.5. The zero-order chi connectivity index (χ0) is 29.5. The summed E-state index contributed by atoms with van der Waals surface area (Å²) in [5, 5.41) is 3.22. The Morgan fingerprint density at radius 2 is 1.76 bits per heavy atom. The molecular weight excluding hydrogens is 621 g/mol. The van der Waals surface area contributed by atoms with Crippen molar-refractivity contribution in [2.45, 2.75) is 16.2 Å². The van der Waals surface area contributed by atoms with Gasteiger partial charge in [-0.3, -0.25) is 19.2 Å². The van der Waals surface area contributed by atoms with E-state index in [1.165, 1.54) is 29.8 Å². The summed E-state index contributed by atoms with van der Waals surface area (Å²) in [5.74, 6) is -1.46. The minimum Gasteiger partial charge on any atom is -0.497 e. The Hall–Kier alpha value is -3.77. The van der Waals surface area contributed by atoms with Crippen molar-refractivity contribution >= 4 is 75.4 Å². The molecule has 2 aliphatic heterocycles. The Labute approximate surface area is 257 Å². The molecular formula is C29H21Cl2N3O6S2. The quantitative estimate of drug-likeness (QED) is 0.254. The Bertz CT molecular complexity index is 1770. The third-order valence-electron chi connectivity index (χ3n) is 6.95. The molecule has 0 spiro atoms. The fourth-order valence-electron chi connectivity index (χ4n) is 5.08. The van der Waals surface area contributed by atoms with Gasteiger partial charge in [0.1, 0.15) is 16.7 Å². The number of ether oxygens (including phenoxy) is 2. The molecule has 0 radical (unpaired) electrons. The third kappa shape index (κ3) is 5.29. The lowest BCUT2D eigenvalue weighted by molar-refractivity contribution is -0.122. The largest absolute Gasteiger partial charge is 0.497 e. The number of methoxy groups -OCH3 is 1. The van der Waals surface area contributed by atoms with E-state index in [0.29, 0.717) is 48.4 Å². The summed E-state index contributed by atoms with van der Waals surface area (Å²) in [4.78, 5) is 56.8. The van der Waals surface area contributed by atoms with Crippen molar-refractivity contribution in [3.63, 3.8) is 0 Å². The lowest BCUT2D eigenvalue weighted by Gasteiger charge is -2.30. The van der Waals surface area contributed by atoms with Gasteiger partial charge >= 0.3 is 4.87 Å². The summed E-state index contributed by atoms with van der Waals surface area (Å²) < 4.78 is 11.0. The molecule has 6 rings (SSSR count). The van der Waals surface area contributed by atoms with Crippen LogP contribution in [-0.2, 0) is 14.4 Å². The summed E-state index contributed by atoms with van der Waals surface area (Å²) in [6.07, 6.45) is 0. The fraction of sp³-hybridized carbons (Fsp3) is 0.172. The molecule has 1 fully saturated rings. The number of fused-ring (bicyclic) bond motifs is 2. The van der Waals surface area contributed by atoms with Gasteiger partial charge in [-0.1, -0.05) is 58.4 Å². The normalized spacial score (nSPS) is 19.3. The van der Waals surface area contributed by atoms with Crippen LogP contribution in [-0.4, -0.2) is 41.7 Å². The number of imide groups is 1. The number of anilines is 2. The number of aromatic nitrogens is 1. The number of nitrogens with one attached hydrogen (secondary N) is 2. The number of hydrogen-bond donors (Lipinski definition) is 2. The molecule has 2 unspecified atom stereocenters. The first-order valence-corrected chi connectivity index (χ1v) is 15.1. The van der Waals surface area contributed by atoms with Gasteiger partial charge in [-0.05, 0) is 60.2 Å². The van der Waals surface area contributed by atoms with E-state index in [-0.39, 0.29) is 23.3 Å². The molecule has 1 saturated heterocycles. The highest BCUT2D eigenvalue weighted by atomic mass is 35.5. The van der Waals surface area contributed by atoms with Crippen LogP contribution in [0.15, 0.2) is 76.6 Å². The number of aromatic amines is 1. The van der Waals surface area contributed by atoms with Crippen LogP contribution in [0.2, 0.25) is 10.0 Å². The van der Waals surface area contributed by atoms with Crippen LogP contribution in [0.25, 0.3) is 0 Å². The van der Waals surface area contributed by atoms with E-state index in [1.807, 2.05) is 6.07 Å². The second-order valence-electron chi connectivity index (χ2n) is 9.50. The van der Waals surface area contributed by atoms with Gasteiger partial charge in [-0.15, -0.1) is 0 Å². The Balaban J connectivity index is 1.27. The molecule has 3 heterocycles. The number of benzene rings is 3. The standard InChI is InChI=1S/C29H21Cl2N3O6S2/c1-39-17-8-6-16(7-9-17)34-27(36)23-22(24-26(33-29(38)42-24)41-25(23)28(34)37)14-3-2-4-18(11-14)40-13-21(35)32-15-5-10-19(30)20(31)12-15/h2-12,22-23,25H,13H2,1H3,(H,32,35)(H,33,38)/t22-,23?,25?/m1/s1. The van der Waals surface area contributed by atoms with Crippen molar-refractivity contribution in [1.29, 1.82) is 0 Å². The highest BCUT2D eigenvalue weighted by molar-refractivity contribution is 8.00. The molecule has 42 heavy (non-hydrogen) atoms. The summed E-state index contributed by atoms with van der Waals surface area (Å²) in [6, 6.07) is 18.4. The molecule has 0 saturated carbocycles. The fourth-order valence-corrected chi connectivity index (χ4v) is 7.89. The van der Waals surface area contributed by atoms with Gasteiger partial charge in [0.2, 0.25) is 11.8 Å². The van der Waals surface area contributed by atoms with Crippen molar-refractivity contribution in [3.8, 4) is 11.5 Å². The monoisotopic (exact) mass is 641 g/mol. The number of hydrogen-bond acceptors (Lipinski definition) is 8. The van der Waals surface area contributed by atoms with Gasteiger partial charge < -0.3 is 19.8 Å². The van der Waals surface area contributed by atoms with Crippen molar-refractivity contribution < 1.29 is 23.9 Å².